The third kappa shape index (κ3) is 2.18. The zero-order chi connectivity index (χ0) is 14.3. The quantitative estimate of drug-likeness (QED) is 0.757. The van der Waals surface area contributed by atoms with Crippen molar-refractivity contribution in [3.05, 3.63) is 69.8 Å². The molecule has 1 nitrogen and oxygen atoms in total. The second-order valence-electron chi connectivity index (χ2n) is 5.95. The Morgan fingerprint density at radius 1 is 0.900 bits per heavy atom. The van der Waals surface area contributed by atoms with E-state index in [1.807, 2.05) is 0 Å². The summed E-state index contributed by atoms with van der Waals surface area (Å²) in [4.78, 5) is 12.3. The number of benzene rings is 2. The van der Waals surface area contributed by atoms with Crippen LogP contribution in [0.1, 0.15) is 46.2 Å². The average molecular weight is 264 g/mol. The second-order valence-corrected chi connectivity index (χ2v) is 5.95. The van der Waals surface area contributed by atoms with E-state index in [9.17, 15) is 4.79 Å². The van der Waals surface area contributed by atoms with Crippen molar-refractivity contribution in [2.75, 3.05) is 0 Å². The van der Waals surface area contributed by atoms with E-state index in [0.717, 1.165) is 12.8 Å². The number of rotatable bonds is 1. The highest BCUT2D eigenvalue weighted by molar-refractivity contribution is 5.88. The summed E-state index contributed by atoms with van der Waals surface area (Å²) >= 11 is 0. The first kappa shape index (κ1) is 13.1. The Kier molecular flexibility index (Phi) is 3.21. The first-order chi connectivity index (χ1) is 9.56. The van der Waals surface area contributed by atoms with E-state index < -0.39 is 0 Å². The normalized spacial score (nSPS) is 14.3. The molecule has 0 atom stereocenters. The maximum atomic E-state index is 12.3. The van der Waals surface area contributed by atoms with Crippen LogP contribution in [0.3, 0.4) is 0 Å². The first-order valence-electron chi connectivity index (χ1n) is 7.25. The fourth-order valence-electron chi connectivity index (χ4n) is 3.30. The van der Waals surface area contributed by atoms with Crippen molar-refractivity contribution >= 4 is 5.78 Å². The third-order valence-corrected chi connectivity index (χ3v) is 4.29. The highest BCUT2D eigenvalue weighted by Gasteiger charge is 2.27. The van der Waals surface area contributed by atoms with Crippen LogP contribution in [0.5, 0.6) is 0 Å². The standard InChI is InChI=1S/C19H20O/c1-12-4-6-15-8-9-16-7-5-13(2)11-18(16)19(14(3)20)17(15)10-12/h4-7,10-11,19H,8-9H2,1-3H3. The molecule has 0 aromatic heterocycles. The van der Waals surface area contributed by atoms with E-state index >= 15 is 0 Å². The van der Waals surface area contributed by atoms with Crippen molar-refractivity contribution in [3.8, 4) is 0 Å². The molecule has 1 aliphatic carbocycles. The van der Waals surface area contributed by atoms with Gasteiger partial charge in [0, 0.05) is 0 Å². The fourth-order valence-corrected chi connectivity index (χ4v) is 3.30. The SMILES string of the molecule is CC(=O)C1c2cc(C)ccc2CCc2ccc(C)cc21. The zero-order valence-electron chi connectivity index (χ0n) is 12.4. The summed E-state index contributed by atoms with van der Waals surface area (Å²) in [6.07, 6.45) is 2.05. The monoisotopic (exact) mass is 264 g/mol. The molecule has 3 rings (SSSR count). The van der Waals surface area contributed by atoms with Gasteiger partial charge < -0.3 is 0 Å². The zero-order valence-corrected chi connectivity index (χ0v) is 12.4. The lowest BCUT2D eigenvalue weighted by atomic mass is 9.84. The van der Waals surface area contributed by atoms with Crippen LogP contribution in [0.15, 0.2) is 36.4 Å². The molecule has 0 bridgehead atoms. The number of Topliss-reactive ketones (excluding diaryl/α,β-unsaturated/α-hetero) is 1. The minimum atomic E-state index is -0.0951. The number of carbonyl (C=O) groups excluding carboxylic acids is 1. The van der Waals surface area contributed by atoms with Crippen LogP contribution in [0.25, 0.3) is 0 Å². The summed E-state index contributed by atoms with van der Waals surface area (Å²) in [5.41, 5.74) is 7.52. The smallest absolute Gasteiger partial charge is 0.141 e. The lowest BCUT2D eigenvalue weighted by molar-refractivity contribution is -0.117. The maximum absolute atomic E-state index is 12.3. The molecule has 1 heteroatoms. The number of fused-ring (bicyclic) bond motifs is 2. The van der Waals surface area contributed by atoms with Gasteiger partial charge in [0.25, 0.3) is 0 Å². The van der Waals surface area contributed by atoms with Crippen LogP contribution < -0.4 is 0 Å². The summed E-state index contributed by atoms with van der Waals surface area (Å²) < 4.78 is 0. The Labute approximate surface area is 120 Å². The molecule has 2 aromatic carbocycles. The van der Waals surface area contributed by atoms with E-state index in [1.54, 1.807) is 6.92 Å². The second kappa shape index (κ2) is 4.90. The van der Waals surface area contributed by atoms with Crippen LogP contribution in [0.4, 0.5) is 0 Å². The summed E-state index contributed by atoms with van der Waals surface area (Å²) in [6.45, 7) is 5.91. The van der Waals surface area contributed by atoms with Gasteiger partial charge in [-0.05, 0) is 55.9 Å². The van der Waals surface area contributed by atoms with E-state index in [2.05, 4.69) is 50.2 Å². The van der Waals surface area contributed by atoms with Gasteiger partial charge in [0.15, 0.2) is 0 Å². The van der Waals surface area contributed by atoms with E-state index in [4.69, 9.17) is 0 Å². The number of ketones is 1. The molecule has 0 aliphatic heterocycles. The fraction of sp³-hybridized carbons (Fsp3) is 0.316. The van der Waals surface area contributed by atoms with Crippen LogP contribution in [0, 0.1) is 13.8 Å². The van der Waals surface area contributed by atoms with Crippen molar-refractivity contribution < 1.29 is 4.79 Å². The molecule has 0 spiro atoms. The number of hydrogen-bond acceptors (Lipinski definition) is 1. The third-order valence-electron chi connectivity index (χ3n) is 4.29. The number of hydrogen-bond donors (Lipinski definition) is 0. The Bertz CT molecular complexity index is 629. The molecule has 0 unspecified atom stereocenters. The summed E-state index contributed by atoms with van der Waals surface area (Å²) in [6, 6.07) is 13.1. The van der Waals surface area contributed by atoms with E-state index in [0.29, 0.717) is 0 Å². The Balaban J connectivity index is 2.27. The van der Waals surface area contributed by atoms with E-state index in [-0.39, 0.29) is 11.7 Å². The van der Waals surface area contributed by atoms with Crippen molar-refractivity contribution in [1.82, 2.24) is 0 Å². The average Bonchev–Trinajstić information content (AvgIpc) is 2.54. The highest BCUT2D eigenvalue weighted by atomic mass is 16.1. The number of carbonyl (C=O) groups is 1. The van der Waals surface area contributed by atoms with Gasteiger partial charge in [-0.2, -0.15) is 0 Å². The van der Waals surface area contributed by atoms with Crippen LogP contribution in [-0.4, -0.2) is 5.78 Å². The topological polar surface area (TPSA) is 17.1 Å². The molecule has 0 amide bonds. The molecular formula is C19H20O. The highest BCUT2D eigenvalue weighted by Crippen LogP contribution is 2.35. The molecule has 0 N–H and O–H groups in total. The molecular weight excluding hydrogens is 244 g/mol. The molecule has 0 radical (unpaired) electrons. The largest absolute Gasteiger partial charge is 0.299 e. The molecule has 0 saturated carbocycles. The molecule has 0 heterocycles. The Morgan fingerprint density at radius 2 is 1.35 bits per heavy atom. The van der Waals surface area contributed by atoms with Gasteiger partial charge in [0.1, 0.15) is 5.78 Å². The van der Waals surface area contributed by atoms with Gasteiger partial charge in [-0.25, -0.2) is 0 Å². The van der Waals surface area contributed by atoms with Gasteiger partial charge in [-0.1, -0.05) is 47.5 Å². The lowest BCUT2D eigenvalue weighted by Gasteiger charge is -2.18. The van der Waals surface area contributed by atoms with Gasteiger partial charge in [-0.15, -0.1) is 0 Å². The Morgan fingerprint density at radius 3 is 1.75 bits per heavy atom. The number of aryl methyl sites for hydroxylation is 4. The first-order valence-corrected chi connectivity index (χ1v) is 7.25. The minimum absolute atomic E-state index is 0.0951. The van der Waals surface area contributed by atoms with Gasteiger partial charge in [0.2, 0.25) is 0 Å². The summed E-state index contributed by atoms with van der Waals surface area (Å²) in [5, 5.41) is 0. The van der Waals surface area contributed by atoms with Crippen LogP contribution in [-0.2, 0) is 17.6 Å². The van der Waals surface area contributed by atoms with E-state index in [1.165, 1.54) is 33.4 Å². The molecule has 0 saturated heterocycles. The molecule has 2 aromatic rings. The van der Waals surface area contributed by atoms with Crippen molar-refractivity contribution in [3.63, 3.8) is 0 Å². The molecule has 0 fully saturated rings. The minimum Gasteiger partial charge on any atom is -0.299 e. The predicted molar refractivity (Wildman–Crippen MR) is 82.3 cm³/mol. The summed E-state index contributed by atoms with van der Waals surface area (Å²) in [7, 11) is 0. The van der Waals surface area contributed by atoms with Gasteiger partial charge >= 0.3 is 0 Å². The predicted octanol–water partition coefficient (Wildman–Crippen LogP) is 4.12. The van der Waals surface area contributed by atoms with Gasteiger partial charge in [0.05, 0.1) is 5.92 Å². The maximum Gasteiger partial charge on any atom is 0.141 e. The van der Waals surface area contributed by atoms with Crippen molar-refractivity contribution in [1.29, 1.82) is 0 Å². The van der Waals surface area contributed by atoms with Crippen LogP contribution >= 0.6 is 0 Å². The van der Waals surface area contributed by atoms with Crippen molar-refractivity contribution in [2.24, 2.45) is 0 Å². The summed E-state index contributed by atoms with van der Waals surface area (Å²) in [5.74, 6) is 0.146. The Hall–Kier alpha value is -1.89. The van der Waals surface area contributed by atoms with Crippen LogP contribution in [0.2, 0.25) is 0 Å². The lowest BCUT2D eigenvalue weighted by Crippen LogP contribution is -2.13. The van der Waals surface area contributed by atoms with Gasteiger partial charge in [-0.3, -0.25) is 4.79 Å². The molecule has 20 heavy (non-hydrogen) atoms. The van der Waals surface area contributed by atoms with Crippen molar-refractivity contribution in [2.45, 2.75) is 39.5 Å². The molecule has 1 aliphatic rings. The molecule has 102 valence electrons.